The fourth-order valence-electron chi connectivity index (χ4n) is 9.05. The molecule has 2 saturated heterocycles. The van der Waals surface area contributed by atoms with Crippen LogP contribution in [0, 0.1) is 0 Å². The first-order valence-corrected chi connectivity index (χ1v) is 22.1. The summed E-state index contributed by atoms with van der Waals surface area (Å²) < 4.78 is 2.10. The number of fused-ring (bicyclic) bond motifs is 2. The molecule has 5 aromatic rings. The normalized spacial score (nSPS) is 17.8. The van der Waals surface area contributed by atoms with Crippen molar-refractivity contribution in [1.29, 1.82) is 0 Å². The Bertz CT molecular complexity index is 2440. The van der Waals surface area contributed by atoms with E-state index in [2.05, 4.69) is 35.2 Å². The number of imidazole rings is 1. The van der Waals surface area contributed by atoms with Crippen molar-refractivity contribution in [2.75, 3.05) is 36.0 Å². The largest absolute Gasteiger partial charge is 0.384 e. The van der Waals surface area contributed by atoms with E-state index in [0.29, 0.717) is 35.0 Å². The Hall–Kier alpha value is -6.48. The number of nitrogens with zero attached hydrogens (tertiary/aromatic N) is 6. The zero-order valence-electron chi connectivity index (χ0n) is 35.0. The SMILES string of the molecule is Nc1nccn2c([C@@H]3CCCN3CCCCCCCCCCCCNc3cccc4c3C(=O)N(C3CCC(=O)NC3=O)C4=O)nc(-c3ccc(C(=O)Nc4ccccn4)cc3)c12. The maximum atomic E-state index is 13.3. The highest BCUT2D eigenvalue weighted by molar-refractivity contribution is 6.25. The van der Waals surface area contributed by atoms with Crippen molar-refractivity contribution in [3.05, 3.63) is 102 Å². The van der Waals surface area contributed by atoms with E-state index in [4.69, 9.17) is 10.7 Å². The van der Waals surface area contributed by atoms with E-state index < -0.39 is 23.8 Å². The summed E-state index contributed by atoms with van der Waals surface area (Å²) in [6, 6.07) is 17.2. The van der Waals surface area contributed by atoms with Crippen molar-refractivity contribution in [2.45, 2.75) is 102 Å². The Morgan fingerprint density at radius 1 is 0.790 bits per heavy atom. The number of amides is 5. The van der Waals surface area contributed by atoms with Crippen LogP contribution in [0.1, 0.15) is 133 Å². The number of pyridine rings is 1. The third kappa shape index (κ3) is 9.22. The molecule has 62 heavy (non-hydrogen) atoms. The number of unbranched alkanes of at least 4 members (excludes halogenated alkanes) is 9. The Morgan fingerprint density at radius 2 is 1.55 bits per heavy atom. The predicted octanol–water partition coefficient (Wildman–Crippen LogP) is 7.18. The van der Waals surface area contributed by atoms with Gasteiger partial charge in [-0.3, -0.25) is 43.5 Å². The molecule has 0 spiro atoms. The molecular formula is C47H54N10O5. The number of carbonyl (C=O) groups is 5. The van der Waals surface area contributed by atoms with Crippen LogP contribution in [0.15, 0.2) is 79.3 Å². The number of likely N-dealkylation sites (tertiary alicyclic amines) is 1. The van der Waals surface area contributed by atoms with Crippen LogP contribution in [-0.4, -0.2) is 84.4 Å². The lowest BCUT2D eigenvalue weighted by Gasteiger charge is -2.27. The summed E-state index contributed by atoms with van der Waals surface area (Å²) in [7, 11) is 0. The van der Waals surface area contributed by atoms with Gasteiger partial charge in [-0.1, -0.05) is 75.6 Å². The molecule has 2 fully saturated rings. The predicted molar refractivity (Wildman–Crippen MR) is 236 cm³/mol. The van der Waals surface area contributed by atoms with Crippen LogP contribution >= 0.6 is 0 Å². The Kier molecular flexibility index (Phi) is 13.3. The average Bonchev–Trinajstić information content (AvgIpc) is 3.98. The molecule has 0 radical (unpaired) electrons. The van der Waals surface area contributed by atoms with Crippen molar-refractivity contribution >= 4 is 52.4 Å². The second kappa shape index (κ2) is 19.5. The van der Waals surface area contributed by atoms with E-state index in [1.807, 2.05) is 24.4 Å². The van der Waals surface area contributed by atoms with E-state index >= 15 is 0 Å². The number of hydrogen-bond acceptors (Lipinski definition) is 11. The second-order valence-electron chi connectivity index (χ2n) is 16.4. The molecule has 0 bridgehead atoms. The monoisotopic (exact) mass is 838 g/mol. The topological polar surface area (TPSA) is 197 Å². The minimum absolute atomic E-state index is 0.0943. The van der Waals surface area contributed by atoms with Crippen LogP contribution in [0.2, 0.25) is 0 Å². The molecule has 6 heterocycles. The fraction of sp³-hybridized carbons (Fsp3) is 0.404. The van der Waals surface area contributed by atoms with Crippen LogP contribution in [0.4, 0.5) is 17.3 Å². The van der Waals surface area contributed by atoms with Gasteiger partial charge < -0.3 is 16.4 Å². The lowest BCUT2D eigenvalue weighted by atomic mass is 10.0. The van der Waals surface area contributed by atoms with E-state index in [1.54, 1.807) is 54.9 Å². The van der Waals surface area contributed by atoms with Gasteiger partial charge in [0.1, 0.15) is 34.7 Å². The number of rotatable bonds is 19. The van der Waals surface area contributed by atoms with Gasteiger partial charge >= 0.3 is 0 Å². The van der Waals surface area contributed by atoms with Crippen LogP contribution in [0.3, 0.4) is 0 Å². The van der Waals surface area contributed by atoms with Crippen LogP contribution in [-0.2, 0) is 9.59 Å². The molecule has 8 rings (SSSR count). The molecule has 0 aliphatic carbocycles. The number of aromatic nitrogens is 4. The third-order valence-corrected chi connectivity index (χ3v) is 12.3. The summed E-state index contributed by atoms with van der Waals surface area (Å²) in [5.74, 6) is -0.313. The third-order valence-electron chi connectivity index (χ3n) is 12.3. The highest BCUT2D eigenvalue weighted by Gasteiger charge is 2.45. The number of imide groups is 2. The molecule has 0 saturated carbocycles. The summed E-state index contributed by atoms with van der Waals surface area (Å²) in [6.45, 7) is 2.75. The van der Waals surface area contributed by atoms with Crippen LogP contribution in [0.25, 0.3) is 16.8 Å². The Balaban J connectivity index is 0.735. The molecule has 15 heteroatoms. The fourth-order valence-corrected chi connectivity index (χ4v) is 9.05. The van der Waals surface area contributed by atoms with Crippen LogP contribution < -0.4 is 21.7 Å². The van der Waals surface area contributed by atoms with E-state index in [1.165, 1.54) is 38.5 Å². The first-order chi connectivity index (χ1) is 30.3. The molecule has 5 N–H and O–H groups in total. The molecule has 5 amide bonds. The summed E-state index contributed by atoms with van der Waals surface area (Å²) >= 11 is 0. The van der Waals surface area contributed by atoms with E-state index in [-0.39, 0.29) is 36.3 Å². The number of benzene rings is 2. The van der Waals surface area contributed by atoms with Gasteiger partial charge in [0.25, 0.3) is 17.7 Å². The number of piperidine rings is 1. The molecule has 2 aromatic carbocycles. The van der Waals surface area contributed by atoms with Gasteiger partial charge in [-0.25, -0.2) is 15.0 Å². The Morgan fingerprint density at radius 3 is 2.29 bits per heavy atom. The standard InChI is InChI=1S/C47H54N10O5/c48-42-41-40(31-19-21-32(22-20-31)44(59)52-37-18-9-11-26-50-37)54-43(56(41)30-27-51-42)35-17-14-29-55(35)28-12-8-6-4-2-1-3-5-7-10-25-49-34-16-13-15-33-39(34)47(62)57(46(33)61)36-23-24-38(58)53-45(36)60/h9,11,13,15-16,18-22,26-27,30,35-36,49H,1-8,10,12,14,17,23-25,28-29H2,(H2,48,51)(H,50,52,59)(H,53,58,60)/t35-,36?/m0/s1. The van der Waals surface area contributed by atoms with Crippen molar-refractivity contribution in [3.63, 3.8) is 0 Å². The zero-order chi connectivity index (χ0) is 43.0. The maximum Gasteiger partial charge on any atom is 0.264 e. The second-order valence-corrected chi connectivity index (χ2v) is 16.4. The molecule has 1 unspecified atom stereocenters. The lowest BCUT2D eigenvalue weighted by molar-refractivity contribution is -0.136. The van der Waals surface area contributed by atoms with Gasteiger partial charge in [0.2, 0.25) is 11.8 Å². The number of anilines is 3. The van der Waals surface area contributed by atoms with Gasteiger partial charge in [0.15, 0.2) is 0 Å². The lowest BCUT2D eigenvalue weighted by Crippen LogP contribution is -2.54. The molecule has 3 aromatic heterocycles. The van der Waals surface area contributed by atoms with E-state index in [9.17, 15) is 24.0 Å². The number of carbonyl (C=O) groups excluding carboxylic acids is 5. The summed E-state index contributed by atoms with van der Waals surface area (Å²) in [5, 5.41) is 8.42. The van der Waals surface area contributed by atoms with Gasteiger partial charge in [-0.15, -0.1) is 0 Å². The smallest absolute Gasteiger partial charge is 0.264 e. The Labute approximate surface area is 360 Å². The summed E-state index contributed by atoms with van der Waals surface area (Å²) in [6.07, 6.45) is 19.3. The number of nitrogens with two attached hydrogens (primary N) is 1. The molecule has 15 nitrogen and oxygen atoms in total. The van der Waals surface area contributed by atoms with Crippen molar-refractivity contribution < 1.29 is 24.0 Å². The first kappa shape index (κ1) is 42.2. The minimum atomic E-state index is -0.972. The van der Waals surface area contributed by atoms with Crippen molar-refractivity contribution in [1.82, 2.24) is 34.5 Å². The zero-order valence-corrected chi connectivity index (χ0v) is 35.0. The highest BCUT2D eigenvalue weighted by atomic mass is 16.2. The van der Waals surface area contributed by atoms with Gasteiger partial charge in [0.05, 0.1) is 17.2 Å². The maximum absolute atomic E-state index is 13.3. The van der Waals surface area contributed by atoms with Gasteiger partial charge in [0, 0.05) is 48.4 Å². The van der Waals surface area contributed by atoms with E-state index in [0.717, 1.165) is 79.1 Å². The average molecular weight is 839 g/mol. The first-order valence-electron chi connectivity index (χ1n) is 22.1. The summed E-state index contributed by atoms with van der Waals surface area (Å²) in [4.78, 5) is 80.7. The number of nitrogen functional groups attached to an aromatic ring is 1. The summed E-state index contributed by atoms with van der Waals surface area (Å²) in [5.41, 5.74) is 10.6. The van der Waals surface area contributed by atoms with Crippen LogP contribution in [0.5, 0.6) is 0 Å². The molecule has 2 atom stereocenters. The van der Waals surface area contributed by atoms with Crippen molar-refractivity contribution in [3.8, 4) is 11.3 Å². The van der Waals surface area contributed by atoms with Crippen molar-refractivity contribution in [2.24, 2.45) is 0 Å². The highest BCUT2D eigenvalue weighted by Crippen LogP contribution is 2.37. The van der Waals surface area contributed by atoms with Gasteiger partial charge in [-0.2, -0.15) is 0 Å². The molecule has 3 aliphatic heterocycles. The quantitative estimate of drug-likeness (QED) is 0.0486. The number of nitrogens with one attached hydrogen (secondary N) is 3. The molecular weight excluding hydrogens is 785 g/mol. The number of hydrogen-bond donors (Lipinski definition) is 4. The minimum Gasteiger partial charge on any atom is -0.384 e. The van der Waals surface area contributed by atoms with Gasteiger partial charge in [-0.05, 0) is 81.6 Å². The molecule has 322 valence electrons. The molecule has 3 aliphatic rings.